The molecule has 19 heavy (non-hydrogen) atoms. The second-order valence-electron chi connectivity index (χ2n) is 7.27. The van der Waals surface area contributed by atoms with E-state index in [-0.39, 0.29) is 0 Å². The van der Waals surface area contributed by atoms with Gasteiger partial charge in [-0.1, -0.05) is 37.8 Å². The molecule has 0 radical (unpaired) electrons. The van der Waals surface area contributed by atoms with E-state index in [9.17, 15) is 0 Å². The van der Waals surface area contributed by atoms with Gasteiger partial charge in [-0.15, -0.1) is 11.6 Å². The SMILES string of the molecule is ClC1CCC(/C=C/C2CCC3CCCCC3C2)CC1. The predicted octanol–water partition coefficient (Wildman–Crippen LogP) is 5.95. The second kappa shape index (κ2) is 6.66. The Morgan fingerprint density at radius 2 is 1.26 bits per heavy atom. The third kappa shape index (κ3) is 3.78. The molecule has 0 nitrogen and oxygen atoms in total. The maximum absolute atomic E-state index is 6.18. The summed E-state index contributed by atoms with van der Waals surface area (Å²) in [5.41, 5.74) is 0. The molecule has 108 valence electrons. The lowest BCUT2D eigenvalue weighted by Crippen LogP contribution is -2.27. The van der Waals surface area contributed by atoms with Crippen molar-refractivity contribution < 1.29 is 0 Å². The Morgan fingerprint density at radius 1 is 0.632 bits per heavy atom. The van der Waals surface area contributed by atoms with Crippen molar-refractivity contribution >= 4 is 11.6 Å². The zero-order chi connectivity index (χ0) is 13.1. The lowest BCUT2D eigenvalue weighted by atomic mass is 9.67. The molecule has 0 aromatic rings. The molecule has 0 aliphatic heterocycles. The van der Waals surface area contributed by atoms with Crippen molar-refractivity contribution in [1.82, 2.24) is 0 Å². The molecule has 3 aliphatic rings. The van der Waals surface area contributed by atoms with Gasteiger partial charge in [0.1, 0.15) is 0 Å². The van der Waals surface area contributed by atoms with Crippen LogP contribution in [0.2, 0.25) is 0 Å². The second-order valence-corrected chi connectivity index (χ2v) is 7.89. The average Bonchev–Trinajstić information content (AvgIpc) is 2.46. The Kier molecular flexibility index (Phi) is 4.90. The van der Waals surface area contributed by atoms with Gasteiger partial charge in [0.15, 0.2) is 0 Å². The normalized spacial score (nSPS) is 44.2. The zero-order valence-corrected chi connectivity index (χ0v) is 13.0. The van der Waals surface area contributed by atoms with E-state index < -0.39 is 0 Å². The Balaban J connectivity index is 1.47. The van der Waals surface area contributed by atoms with E-state index in [0.717, 1.165) is 23.7 Å². The van der Waals surface area contributed by atoms with Crippen LogP contribution in [0.3, 0.4) is 0 Å². The molecule has 3 rings (SSSR count). The molecule has 1 heteroatoms. The first-order valence-electron chi connectivity index (χ1n) is 8.63. The van der Waals surface area contributed by atoms with Crippen LogP contribution in [-0.4, -0.2) is 5.38 Å². The maximum Gasteiger partial charge on any atom is 0.0336 e. The van der Waals surface area contributed by atoms with Crippen LogP contribution in [0.1, 0.15) is 70.6 Å². The minimum atomic E-state index is 0.460. The molecule has 0 amide bonds. The largest absolute Gasteiger partial charge is 0.123 e. The fourth-order valence-corrected chi connectivity index (χ4v) is 4.92. The zero-order valence-electron chi connectivity index (χ0n) is 12.2. The van der Waals surface area contributed by atoms with Crippen LogP contribution in [0.25, 0.3) is 0 Å². The third-order valence-corrected chi connectivity index (χ3v) is 6.37. The standard InChI is InChI=1S/C18H29Cl/c19-18-11-8-14(9-12-18)5-6-15-7-10-16-3-1-2-4-17(16)13-15/h5-6,14-18H,1-4,7-13H2/b6-5+. The van der Waals surface area contributed by atoms with Crippen LogP contribution in [0.4, 0.5) is 0 Å². The van der Waals surface area contributed by atoms with E-state index in [2.05, 4.69) is 12.2 Å². The first-order chi connectivity index (χ1) is 9.31. The van der Waals surface area contributed by atoms with Gasteiger partial charge in [0.2, 0.25) is 0 Å². The molecule has 0 aromatic heterocycles. The molecule has 0 heterocycles. The summed E-state index contributed by atoms with van der Waals surface area (Å²) in [6.45, 7) is 0. The van der Waals surface area contributed by atoms with Crippen molar-refractivity contribution in [1.29, 1.82) is 0 Å². The van der Waals surface area contributed by atoms with Gasteiger partial charge >= 0.3 is 0 Å². The summed E-state index contributed by atoms with van der Waals surface area (Å²) in [6.07, 6.45) is 20.8. The Morgan fingerprint density at radius 3 is 2.05 bits per heavy atom. The van der Waals surface area contributed by atoms with Crippen molar-refractivity contribution in [3.8, 4) is 0 Å². The number of halogens is 1. The van der Waals surface area contributed by atoms with E-state index in [1.165, 1.54) is 70.6 Å². The molecular formula is C18H29Cl. The number of allylic oxidation sites excluding steroid dienone is 2. The lowest BCUT2D eigenvalue weighted by Gasteiger charge is -2.38. The van der Waals surface area contributed by atoms with E-state index in [4.69, 9.17) is 11.6 Å². The van der Waals surface area contributed by atoms with Crippen LogP contribution >= 0.6 is 11.6 Å². The molecule has 3 unspecified atom stereocenters. The lowest BCUT2D eigenvalue weighted by molar-refractivity contribution is 0.146. The van der Waals surface area contributed by atoms with Crippen LogP contribution in [0.5, 0.6) is 0 Å². The van der Waals surface area contributed by atoms with Crippen molar-refractivity contribution in [3.63, 3.8) is 0 Å². The molecule has 0 saturated heterocycles. The highest BCUT2D eigenvalue weighted by atomic mass is 35.5. The van der Waals surface area contributed by atoms with E-state index >= 15 is 0 Å². The summed E-state index contributed by atoms with van der Waals surface area (Å²) in [5, 5.41) is 0.460. The molecule has 3 atom stereocenters. The highest BCUT2D eigenvalue weighted by Gasteiger charge is 2.31. The summed E-state index contributed by atoms with van der Waals surface area (Å²) < 4.78 is 0. The highest BCUT2D eigenvalue weighted by molar-refractivity contribution is 6.20. The minimum Gasteiger partial charge on any atom is -0.123 e. The summed E-state index contributed by atoms with van der Waals surface area (Å²) in [7, 11) is 0. The summed E-state index contributed by atoms with van der Waals surface area (Å²) in [5.74, 6) is 3.88. The number of hydrogen-bond acceptors (Lipinski definition) is 0. The fourth-order valence-electron chi connectivity index (χ4n) is 4.67. The molecular weight excluding hydrogens is 252 g/mol. The number of alkyl halides is 1. The third-order valence-electron chi connectivity index (χ3n) is 5.94. The molecule has 0 N–H and O–H groups in total. The van der Waals surface area contributed by atoms with Crippen LogP contribution in [-0.2, 0) is 0 Å². The van der Waals surface area contributed by atoms with Gasteiger partial charge in [0.05, 0.1) is 0 Å². The summed E-state index contributed by atoms with van der Waals surface area (Å²) in [6, 6.07) is 0. The monoisotopic (exact) mass is 280 g/mol. The molecule has 0 spiro atoms. The van der Waals surface area contributed by atoms with Gasteiger partial charge in [-0.25, -0.2) is 0 Å². The van der Waals surface area contributed by atoms with Crippen LogP contribution < -0.4 is 0 Å². The molecule has 0 aromatic carbocycles. The van der Waals surface area contributed by atoms with Gasteiger partial charge in [0.25, 0.3) is 0 Å². The number of hydrogen-bond donors (Lipinski definition) is 0. The van der Waals surface area contributed by atoms with Crippen molar-refractivity contribution in [2.75, 3.05) is 0 Å². The van der Waals surface area contributed by atoms with E-state index in [1.54, 1.807) is 0 Å². The highest BCUT2D eigenvalue weighted by Crippen LogP contribution is 2.43. The van der Waals surface area contributed by atoms with Gasteiger partial charge in [0, 0.05) is 5.38 Å². The van der Waals surface area contributed by atoms with E-state index in [0.29, 0.717) is 5.38 Å². The van der Waals surface area contributed by atoms with Gasteiger partial charge < -0.3 is 0 Å². The van der Waals surface area contributed by atoms with Crippen molar-refractivity contribution in [3.05, 3.63) is 12.2 Å². The Bertz CT molecular complexity index is 301. The molecule has 3 aliphatic carbocycles. The summed E-state index contributed by atoms with van der Waals surface area (Å²) >= 11 is 6.18. The Hall–Kier alpha value is 0.0300. The first kappa shape index (κ1) is 14.0. The number of rotatable bonds is 2. The topological polar surface area (TPSA) is 0 Å². The quantitative estimate of drug-likeness (QED) is 0.433. The van der Waals surface area contributed by atoms with Crippen molar-refractivity contribution in [2.24, 2.45) is 23.7 Å². The minimum absolute atomic E-state index is 0.460. The number of fused-ring (bicyclic) bond motifs is 1. The average molecular weight is 281 g/mol. The van der Waals surface area contributed by atoms with Crippen LogP contribution in [0, 0.1) is 23.7 Å². The van der Waals surface area contributed by atoms with Gasteiger partial charge in [-0.2, -0.15) is 0 Å². The van der Waals surface area contributed by atoms with Crippen molar-refractivity contribution in [2.45, 2.75) is 76.0 Å². The smallest absolute Gasteiger partial charge is 0.0336 e. The fraction of sp³-hybridized carbons (Fsp3) is 0.889. The van der Waals surface area contributed by atoms with E-state index in [1.807, 2.05) is 0 Å². The molecule has 3 fully saturated rings. The maximum atomic E-state index is 6.18. The Labute approximate surface area is 124 Å². The molecule has 3 saturated carbocycles. The van der Waals surface area contributed by atoms with Crippen LogP contribution in [0.15, 0.2) is 12.2 Å². The summed E-state index contributed by atoms with van der Waals surface area (Å²) in [4.78, 5) is 0. The predicted molar refractivity (Wildman–Crippen MR) is 83.5 cm³/mol. The van der Waals surface area contributed by atoms with Gasteiger partial charge in [-0.05, 0) is 68.6 Å². The first-order valence-corrected chi connectivity index (χ1v) is 9.07. The molecule has 0 bridgehead atoms. The van der Waals surface area contributed by atoms with Gasteiger partial charge in [-0.3, -0.25) is 0 Å².